The smallest absolute Gasteiger partial charge is 0.223 e. The van der Waals surface area contributed by atoms with Gasteiger partial charge in [-0.2, -0.15) is 21.7 Å². The number of nitrogens with one attached hydrogen (secondary N) is 2. The number of nitrogen functional groups attached to an aromatic ring is 2. The van der Waals surface area contributed by atoms with E-state index in [1.807, 2.05) is 11.8 Å². The van der Waals surface area contributed by atoms with Gasteiger partial charge in [0, 0.05) is 17.4 Å². The van der Waals surface area contributed by atoms with E-state index >= 15 is 0 Å². The molecule has 0 unspecified atom stereocenters. The van der Waals surface area contributed by atoms with Crippen LogP contribution in [0.15, 0.2) is 6.07 Å². The second-order valence-corrected chi connectivity index (χ2v) is 5.86. The molecule has 100 valence electrons. The summed E-state index contributed by atoms with van der Waals surface area (Å²) in [6, 6.07) is 1.76. The molecule has 1 aliphatic rings. The average molecular weight is 268 g/mol. The van der Waals surface area contributed by atoms with E-state index < -0.39 is 0 Å². The van der Waals surface area contributed by atoms with Gasteiger partial charge in [-0.05, 0) is 19.1 Å². The van der Waals surface area contributed by atoms with Crippen LogP contribution in [0.4, 0.5) is 17.6 Å². The molecular formula is C11H20N6S. The van der Waals surface area contributed by atoms with Gasteiger partial charge in [-0.25, -0.2) is 5.84 Å². The summed E-state index contributed by atoms with van der Waals surface area (Å²) in [5, 5.41) is 3.35. The maximum absolute atomic E-state index is 5.62. The zero-order valence-corrected chi connectivity index (χ0v) is 11.4. The molecule has 1 aromatic heterocycles. The number of thioether (sulfide) groups is 1. The molecule has 1 saturated carbocycles. The van der Waals surface area contributed by atoms with Gasteiger partial charge >= 0.3 is 0 Å². The second kappa shape index (κ2) is 5.62. The number of anilines is 3. The lowest BCUT2D eigenvalue weighted by Crippen LogP contribution is -2.30. The normalized spacial score (nSPS) is 17.7. The number of hydrogen-bond donors (Lipinski definition) is 4. The molecule has 0 aliphatic heterocycles. The highest BCUT2D eigenvalue weighted by Crippen LogP contribution is 2.40. The first kappa shape index (κ1) is 13.2. The lowest BCUT2D eigenvalue weighted by molar-refractivity contribution is 0.638. The maximum atomic E-state index is 5.62. The fourth-order valence-electron chi connectivity index (χ4n) is 2.35. The summed E-state index contributed by atoms with van der Waals surface area (Å²) < 4.78 is 0.329. The Kier molecular flexibility index (Phi) is 4.13. The van der Waals surface area contributed by atoms with Crippen molar-refractivity contribution in [2.75, 3.05) is 29.3 Å². The fourth-order valence-corrected chi connectivity index (χ4v) is 3.27. The lowest BCUT2D eigenvalue weighted by Gasteiger charge is -2.27. The van der Waals surface area contributed by atoms with Gasteiger partial charge in [0.15, 0.2) is 0 Å². The average Bonchev–Trinajstić information content (AvgIpc) is 2.85. The summed E-state index contributed by atoms with van der Waals surface area (Å²) >= 11 is 1.94. The SMILES string of the molecule is CSC1(CNc2cc(NN)nc(N)n2)CCCC1. The molecule has 1 heterocycles. The Morgan fingerprint density at radius 2 is 2.00 bits per heavy atom. The third kappa shape index (κ3) is 2.97. The number of nitrogens with zero attached hydrogens (tertiary/aromatic N) is 2. The number of nitrogens with two attached hydrogens (primary N) is 2. The number of aromatic nitrogens is 2. The quantitative estimate of drug-likeness (QED) is 0.473. The number of hydrogen-bond acceptors (Lipinski definition) is 7. The van der Waals surface area contributed by atoms with Crippen molar-refractivity contribution in [3.05, 3.63) is 6.07 Å². The summed E-state index contributed by atoms with van der Waals surface area (Å²) in [6.07, 6.45) is 7.30. The molecule has 6 N–H and O–H groups in total. The topological polar surface area (TPSA) is 102 Å². The summed E-state index contributed by atoms with van der Waals surface area (Å²) in [6.45, 7) is 0.897. The summed E-state index contributed by atoms with van der Waals surface area (Å²) in [5.41, 5.74) is 8.10. The molecule has 2 rings (SSSR count). The van der Waals surface area contributed by atoms with Gasteiger partial charge in [-0.15, -0.1) is 0 Å². The highest BCUT2D eigenvalue weighted by Gasteiger charge is 2.32. The van der Waals surface area contributed by atoms with Crippen LogP contribution in [0.3, 0.4) is 0 Å². The van der Waals surface area contributed by atoms with E-state index in [-0.39, 0.29) is 5.95 Å². The molecule has 18 heavy (non-hydrogen) atoms. The third-order valence-corrected chi connectivity index (χ3v) is 4.85. The molecule has 0 radical (unpaired) electrons. The van der Waals surface area contributed by atoms with Crippen molar-refractivity contribution in [1.29, 1.82) is 0 Å². The third-order valence-electron chi connectivity index (χ3n) is 3.43. The van der Waals surface area contributed by atoms with Crippen LogP contribution < -0.4 is 22.3 Å². The number of rotatable bonds is 5. The van der Waals surface area contributed by atoms with Crippen molar-refractivity contribution < 1.29 is 0 Å². The van der Waals surface area contributed by atoms with Gasteiger partial charge in [0.25, 0.3) is 0 Å². The van der Waals surface area contributed by atoms with Crippen LogP contribution in [0.1, 0.15) is 25.7 Å². The molecule has 1 aromatic rings. The van der Waals surface area contributed by atoms with Crippen LogP contribution in [0.25, 0.3) is 0 Å². The van der Waals surface area contributed by atoms with Gasteiger partial charge in [0.2, 0.25) is 5.95 Å². The molecule has 0 saturated heterocycles. The van der Waals surface area contributed by atoms with E-state index in [1.54, 1.807) is 6.07 Å². The second-order valence-electron chi connectivity index (χ2n) is 4.59. The Hall–Kier alpha value is -1.21. The van der Waals surface area contributed by atoms with Crippen LogP contribution >= 0.6 is 11.8 Å². The predicted octanol–water partition coefficient (Wildman–Crippen LogP) is 1.43. The standard InChI is InChI=1S/C11H20N6S/c1-18-11(4-2-3-5-11)7-14-8-6-9(17-13)16-10(12)15-8/h6H,2-5,7,13H2,1H3,(H4,12,14,15,16,17). The molecule has 6 nitrogen and oxygen atoms in total. The zero-order valence-electron chi connectivity index (χ0n) is 10.6. The van der Waals surface area contributed by atoms with Crippen LogP contribution in [0.5, 0.6) is 0 Å². The van der Waals surface area contributed by atoms with E-state index in [4.69, 9.17) is 11.6 Å². The van der Waals surface area contributed by atoms with Gasteiger partial charge in [-0.3, -0.25) is 0 Å². The fraction of sp³-hybridized carbons (Fsp3) is 0.636. The van der Waals surface area contributed by atoms with Crippen LogP contribution in [-0.4, -0.2) is 27.5 Å². The van der Waals surface area contributed by atoms with Crippen molar-refractivity contribution in [3.63, 3.8) is 0 Å². The Labute approximate surface area is 111 Å². The van der Waals surface area contributed by atoms with E-state index in [0.717, 1.165) is 12.4 Å². The Balaban J connectivity index is 2.03. The first-order valence-electron chi connectivity index (χ1n) is 6.08. The van der Waals surface area contributed by atoms with Crippen molar-refractivity contribution in [1.82, 2.24) is 9.97 Å². The highest BCUT2D eigenvalue weighted by molar-refractivity contribution is 8.00. The molecule has 1 aliphatic carbocycles. The van der Waals surface area contributed by atoms with Crippen LogP contribution in [0.2, 0.25) is 0 Å². The van der Waals surface area contributed by atoms with Crippen molar-refractivity contribution in [3.8, 4) is 0 Å². The Bertz CT molecular complexity index is 405. The van der Waals surface area contributed by atoms with E-state index in [0.29, 0.717) is 10.6 Å². The Morgan fingerprint density at radius 1 is 1.33 bits per heavy atom. The van der Waals surface area contributed by atoms with E-state index in [1.165, 1.54) is 25.7 Å². The minimum absolute atomic E-state index is 0.220. The Morgan fingerprint density at radius 3 is 2.61 bits per heavy atom. The molecule has 0 atom stereocenters. The maximum Gasteiger partial charge on any atom is 0.223 e. The predicted molar refractivity (Wildman–Crippen MR) is 77.5 cm³/mol. The summed E-state index contributed by atoms with van der Waals surface area (Å²) in [4.78, 5) is 8.11. The molecule has 0 aromatic carbocycles. The van der Waals surface area contributed by atoms with Crippen LogP contribution in [0, 0.1) is 0 Å². The monoisotopic (exact) mass is 268 g/mol. The minimum atomic E-state index is 0.220. The largest absolute Gasteiger partial charge is 0.368 e. The van der Waals surface area contributed by atoms with Gasteiger partial charge in [0.05, 0.1) is 0 Å². The first-order chi connectivity index (χ1) is 8.67. The van der Waals surface area contributed by atoms with Crippen molar-refractivity contribution >= 4 is 29.3 Å². The van der Waals surface area contributed by atoms with Crippen LogP contribution in [-0.2, 0) is 0 Å². The summed E-state index contributed by atoms with van der Waals surface area (Å²) in [5.74, 6) is 6.79. The highest BCUT2D eigenvalue weighted by atomic mass is 32.2. The zero-order chi connectivity index (χ0) is 13.0. The van der Waals surface area contributed by atoms with E-state index in [2.05, 4.69) is 27.0 Å². The van der Waals surface area contributed by atoms with E-state index in [9.17, 15) is 0 Å². The molecule has 7 heteroatoms. The van der Waals surface area contributed by atoms with Crippen molar-refractivity contribution in [2.24, 2.45) is 5.84 Å². The summed E-state index contributed by atoms with van der Waals surface area (Å²) in [7, 11) is 0. The minimum Gasteiger partial charge on any atom is -0.368 e. The number of hydrazine groups is 1. The lowest BCUT2D eigenvalue weighted by atomic mass is 10.1. The molecule has 0 amide bonds. The first-order valence-corrected chi connectivity index (χ1v) is 7.30. The molecular weight excluding hydrogens is 248 g/mol. The molecule has 0 bridgehead atoms. The van der Waals surface area contributed by atoms with Gasteiger partial charge in [-0.1, -0.05) is 12.8 Å². The molecule has 0 spiro atoms. The van der Waals surface area contributed by atoms with Gasteiger partial charge < -0.3 is 16.5 Å². The van der Waals surface area contributed by atoms with Gasteiger partial charge in [0.1, 0.15) is 11.6 Å². The van der Waals surface area contributed by atoms with Crippen molar-refractivity contribution in [2.45, 2.75) is 30.4 Å². The molecule has 1 fully saturated rings.